The Labute approximate surface area is 195 Å². The lowest BCUT2D eigenvalue weighted by Gasteiger charge is -2.39. The van der Waals surface area contributed by atoms with E-state index in [1.807, 2.05) is 31.2 Å². The Kier molecular flexibility index (Phi) is 6.96. The maximum absolute atomic E-state index is 14.0. The third-order valence-corrected chi connectivity index (χ3v) is 7.55. The van der Waals surface area contributed by atoms with Gasteiger partial charge in [-0.05, 0) is 39.5 Å². The van der Waals surface area contributed by atoms with Crippen LogP contribution in [0.3, 0.4) is 0 Å². The number of aliphatic hydroxyl groups is 1. The summed E-state index contributed by atoms with van der Waals surface area (Å²) in [4.78, 5) is 44.3. The summed E-state index contributed by atoms with van der Waals surface area (Å²) in [6.07, 6.45) is 11.2. The number of hydrogen-bond acceptors (Lipinski definition) is 6. The fourth-order valence-corrected chi connectivity index (χ4v) is 5.91. The van der Waals surface area contributed by atoms with Crippen molar-refractivity contribution in [3.05, 3.63) is 24.3 Å². The molecule has 4 heterocycles. The Morgan fingerprint density at radius 2 is 1.94 bits per heavy atom. The average molecular weight is 461 g/mol. The molecule has 0 radical (unpaired) electrons. The number of allylic oxidation sites excluding steroid dienone is 1. The van der Waals surface area contributed by atoms with Crippen molar-refractivity contribution in [2.24, 2.45) is 11.8 Å². The Balaban J connectivity index is 1.81. The zero-order chi connectivity index (χ0) is 23.8. The Hall–Kier alpha value is -2.19. The van der Waals surface area contributed by atoms with Crippen LogP contribution < -0.4 is 0 Å². The maximum Gasteiger partial charge on any atom is 0.312 e. The van der Waals surface area contributed by atoms with Gasteiger partial charge in [-0.1, -0.05) is 37.6 Å². The number of fused-ring (bicyclic) bond motifs is 2. The first kappa shape index (κ1) is 24.0. The predicted octanol–water partition coefficient (Wildman–Crippen LogP) is 1.82. The molecule has 8 heteroatoms. The molecule has 2 fully saturated rings. The molecule has 0 aromatic rings. The summed E-state index contributed by atoms with van der Waals surface area (Å²) in [6.45, 7) is 6.24. The van der Waals surface area contributed by atoms with Gasteiger partial charge in [-0.3, -0.25) is 14.4 Å². The Morgan fingerprint density at radius 3 is 2.67 bits per heavy atom. The van der Waals surface area contributed by atoms with E-state index in [-0.39, 0.29) is 24.5 Å². The number of carbonyl (C=O) groups excluding carboxylic acids is 3. The smallest absolute Gasteiger partial charge is 0.312 e. The van der Waals surface area contributed by atoms with E-state index in [0.29, 0.717) is 13.2 Å². The van der Waals surface area contributed by atoms with Crippen LogP contribution in [-0.2, 0) is 23.9 Å². The van der Waals surface area contributed by atoms with Crippen LogP contribution in [0.1, 0.15) is 52.9 Å². The first-order valence-corrected chi connectivity index (χ1v) is 12.3. The summed E-state index contributed by atoms with van der Waals surface area (Å²) < 4.78 is 12.1. The third kappa shape index (κ3) is 3.91. The van der Waals surface area contributed by atoms with Gasteiger partial charge in [0, 0.05) is 12.6 Å². The van der Waals surface area contributed by atoms with Gasteiger partial charge in [0.2, 0.25) is 11.8 Å². The second-order valence-corrected chi connectivity index (χ2v) is 9.74. The molecule has 1 N–H and O–H groups in total. The van der Waals surface area contributed by atoms with Crippen molar-refractivity contribution >= 4 is 17.8 Å². The van der Waals surface area contributed by atoms with Crippen LogP contribution >= 0.6 is 0 Å². The Morgan fingerprint density at radius 1 is 1.15 bits per heavy atom. The van der Waals surface area contributed by atoms with Crippen LogP contribution in [0.4, 0.5) is 0 Å². The highest BCUT2D eigenvalue weighted by Gasteiger charge is 2.72. The average Bonchev–Trinajstić information content (AvgIpc) is 3.18. The van der Waals surface area contributed by atoms with E-state index in [4.69, 9.17) is 9.47 Å². The number of amides is 2. The largest absolute Gasteiger partial charge is 0.465 e. The number of nitrogens with zero attached hydrogens (tertiary/aromatic N) is 2. The highest BCUT2D eigenvalue weighted by Crippen LogP contribution is 2.53. The fourth-order valence-electron chi connectivity index (χ4n) is 5.91. The zero-order valence-electron chi connectivity index (χ0n) is 19.8. The standard InChI is InChI=1S/C25H36N2O6/c1-4-10-16(2)26-13-9-12-25-20(22(29)27(17(3)15-28)21(25)23(26)30)19-18(33-25)11-7-5-6-8-14-32-24(19)31/h7,9,11-12,16-21,28H,4-6,8,10,13-15H2,1-3H3/b11-7-/t16?,17-,18+,19-,20+,21?,25+/m1/s1. The molecule has 0 aliphatic carbocycles. The topological polar surface area (TPSA) is 96.4 Å². The molecule has 2 unspecified atom stereocenters. The number of rotatable bonds is 5. The van der Waals surface area contributed by atoms with Crippen molar-refractivity contribution in [3.63, 3.8) is 0 Å². The van der Waals surface area contributed by atoms with Gasteiger partial charge in [-0.2, -0.15) is 0 Å². The normalized spacial score (nSPS) is 37.0. The molecule has 0 aromatic carbocycles. The quantitative estimate of drug-likeness (QED) is 0.497. The van der Waals surface area contributed by atoms with Crippen LogP contribution in [0.5, 0.6) is 0 Å². The summed E-state index contributed by atoms with van der Waals surface area (Å²) >= 11 is 0. The molecule has 0 saturated carbocycles. The second kappa shape index (κ2) is 9.58. The molecule has 1 spiro atoms. The molecule has 2 saturated heterocycles. The van der Waals surface area contributed by atoms with E-state index < -0.39 is 41.6 Å². The first-order chi connectivity index (χ1) is 15.9. The minimum atomic E-state index is -1.27. The summed E-state index contributed by atoms with van der Waals surface area (Å²) in [6, 6.07) is -1.53. The molecule has 2 amide bonds. The van der Waals surface area contributed by atoms with Crippen molar-refractivity contribution < 1.29 is 29.0 Å². The molecule has 8 nitrogen and oxygen atoms in total. The molecule has 182 valence electrons. The number of cyclic esters (lactones) is 1. The van der Waals surface area contributed by atoms with E-state index in [2.05, 4.69) is 6.92 Å². The zero-order valence-corrected chi connectivity index (χ0v) is 19.8. The third-order valence-electron chi connectivity index (χ3n) is 7.55. The number of likely N-dealkylation sites (tertiary alicyclic amines) is 1. The molecule has 7 atom stereocenters. The second-order valence-electron chi connectivity index (χ2n) is 9.74. The van der Waals surface area contributed by atoms with Crippen molar-refractivity contribution in [2.45, 2.75) is 82.7 Å². The summed E-state index contributed by atoms with van der Waals surface area (Å²) in [5.41, 5.74) is -1.27. The lowest BCUT2D eigenvalue weighted by atomic mass is 9.78. The number of esters is 1. The highest BCUT2D eigenvalue weighted by atomic mass is 16.6. The van der Waals surface area contributed by atoms with Gasteiger partial charge in [0.05, 0.1) is 31.3 Å². The van der Waals surface area contributed by atoms with Crippen LogP contribution in [0.2, 0.25) is 0 Å². The lowest BCUT2D eigenvalue weighted by molar-refractivity contribution is -0.156. The lowest BCUT2D eigenvalue weighted by Crippen LogP contribution is -2.58. The van der Waals surface area contributed by atoms with Crippen molar-refractivity contribution in [1.82, 2.24) is 9.80 Å². The van der Waals surface area contributed by atoms with E-state index in [0.717, 1.165) is 32.1 Å². The molecule has 33 heavy (non-hydrogen) atoms. The monoisotopic (exact) mass is 460 g/mol. The maximum atomic E-state index is 14.0. The number of aliphatic hydroxyl groups excluding tert-OH is 1. The van der Waals surface area contributed by atoms with Crippen molar-refractivity contribution in [2.75, 3.05) is 19.8 Å². The highest BCUT2D eigenvalue weighted by molar-refractivity contribution is 5.99. The van der Waals surface area contributed by atoms with Crippen LogP contribution in [0, 0.1) is 11.8 Å². The first-order valence-electron chi connectivity index (χ1n) is 12.3. The van der Waals surface area contributed by atoms with Crippen LogP contribution in [0.25, 0.3) is 0 Å². The summed E-state index contributed by atoms with van der Waals surface area (Å²) in [5, 5.41) is 9.93. The SMILES string of the molecule is CCCC(C)N1CC=C[C@]23O[C@H]4/C=C\CCCCOC(=O)[C@H]4[C@H]2C(=O)N([C@H](C)CO)C3C1=O. The predicted molar refractivity (Wildman–Crippen MR) is 121 cm³/mol. The van der Waals surface area contributed by atoms with Gasteiger partial charge >= 0.3 is 5.97 Å². The van der Waals surface area contributed by atoms with Crippen LogP contribution in [-0.4, -0.2) is 82.3 Å². The summed E-state index contributed by atoms with van der Waals surface area (Å²) in [7, 11) is 0. The van der Waals surface area contributed by atoms with E-state index >= 15 is 0 Å². The Bertz CT molecular complexity index is 841. The van der Waals surface area contributed by atoms with Crippen molar-refractivity contribution in [3.8, 4) is 0 Å². The van der Waals surface area contributed by atoms with Gasteiger partial charge in [0.1, 0.15) is 17.6 Å². The van der Waals surface area contributed by atoms with Gasteiger partial charge in [0.25, 0.3) is 0 Å². The number of ether oxygens (including phenoxy) is 2. The molecule has 4 aliphatic heterocycles. The van der Waals surface area contributed by atoms with Crippen molar-refractivity contribution in [1.29, 1.82) is 0 Å². The molecule has 4 aliphatic rings. The minimum Gasteiger partial charge on any atom is -0.465 e. The van der Waals surface area contributed by atoms with E-state index in [1.54, 1.807) is 11.8 Å². The van der Waals surface area contributed by atoms with E-state index in [9.17, 15) is 19.5 Å². The van der Waals surface area contributed by atoms with Gasteiger partial charge in [-0.25, -0.2) is 0 Å². The fraction of sp³-hybridized carbons (Fsp3) is 0.720. The molecular weight excluding hydrogens is 424 g/mol. The van der Waals surface area contributed by atoms with Gasteiger partial charge < -0.3 is 24.4 Å². The number of carbonyl (C=O) groups is 3. The van der Waals surface area contributed by atoms with E-state index in [1.165, 1.54) is 4.90 Å². The molecule has 0 bridgehead atoms. The summed E-state index contributed by atoms with van der Waals surface area (Å²) in [5.74, 6) is -2.69. The van der Waals surface area contributed by atoms with Gasteiger partial charge in [-0.15, -0.1) is 0 Å². The van der Waals surface area contributed by atoms with Gasteiger partial charge in [0.15, 0.2) is 0 Å². The molecule has 0 aromatic heterocycles. The van der Waals surface area contributed by atoms with Crippen LogP contribution in [0.15, 0.2) is 24.3 Å². The molecule has 4 rings (SSSR count). The molecular formula is C25H36N2O6. The minimum absolute atomic E-state index is 0.00491. The number of hydrogen-bond donors (Lipinski definition) is 1.